The van der Waals surface area contributed by atoms with Crippen LogP contribution in [-0.2, 0) is 5.41 Å². The van der Waals surface area contributed by atoms with Crippen molar-refractivity contribution >= 4 is 22.7 Å². The second-order valence-electron chi connectivity index (χ2n) is 10.0. The number of pyridine rings is 2. The van der Waals surface area contributed by atoms with Crippen LogP contribution in [0.4, 0.5) is 0 Å². The first-order valence-corrected chi connectivity index (χ1v) is 12.8. The summed E-state index contributed by atoms with van der Waals surface area (Å²) in [4.78, 5) is 42.3. The van der Waals surface area contributed by atoms with Crippen LogP contribution in [0.25, 0.3) is 10.9 Å². The third-order valence-corrected chi connectivity index (χ3v) is 8.01. The zero-order valence-electron chi connectivity index (χ0n) is 21.1. The normalized spacial score (nSPS) is 18.4. The minimum absolute atomic E-state index is 0.0378. The van der Waals surface area contributed by atoms with Gasteiger partial charge in [0.2, 0.25) is 0 Å². The van der Waals surface area contributed by atoms with Gasteiger partial charge >= 0.3 is 0 Å². The number of nitrogens with one attached hydrogen (secondary N) is 1. The Kier molecular flexibility index (Phi) is 6.07. The van der Waals surface area contributed by atoms with E-state index in [9.17, 15) is 14.7 Å². The molecular weight excluding hydrogens is 482 g/mol. The number of carbonyl (C=O) groups is 2. The Morgan fingerprint density at radius 3 is 2.34 bits per heavy atom. The predicted molar refractivity (Wildman–Crippen MR) is 141 cm³/mol. The lowest BCUT2D eigenvalue weighted by atomic mass is 9.68. The highest BCUT2D eigenvalue weighted by atomic mass is 16.5. The number of H-pyrrole nitrogens is 1. The van der Waals surface area contributed by atoms with Crippen molar-refractivity contribution in [2.75, 3.05) is 33.4 Å². The molecule has 0 radical (unpaired) electrons. The summed E-state index contributed by atoms with van der Waals surface area (Å²) < 4.78 is 5.45. The maximum Gasteiger partial charge on any atom is 0.256 e. The second-order valence-corrected chi connectivity index (χ2v) is 10.0. The molecule has 1 fully saturated rings. The van der Waals surface area contributed by atoms with Crippen molar-refractivity contribution in [1.82, 2.24) is 24.8 Å². The Hall–Kier alpha value is -4.24. The maximum absolute atomic E-state index is 13.7. The van der Waals surface area contributed by atoms with Gasteiger partial charge in [0.05, 0.1) is 30.9 Å². The fourth-order valence-corrected chi connectivity index (χ4v) is 6.09. The van der Waals surface area contributed by atoms with Crippen LogP contribution < -0.4 is 4.74 Å². The van der Waals surface area contributed by atoms with Gasteiger partial charge in [-0.3, -0.25) is 19.6 Å². The molecule has 9 nitrogen and oxygen atoms in total. The Bertz CT molecular complexity index is 1480. The van der Waals surface area contributed by atoms with Crippen molar-refractivity contribution in [3.05, 3.63) is 89.6 Å². The molecule has 1 aromatic carbocycles. The monoisotopic (exact) mass is 511 g/mol. The molecule has 0 saturated carbocycles. The van der Waals surface area contributed by atoms with Gasteiger partial charge in [-0.1, -0.05) is 0 Å². The summed E-state index contributed by atoms with van der Waals surface area (Å²) >= 11 is 0. The van der Waals surface area contributed by atoms with E-state index < -0.39 is 11.5 Å². The molecule has 9 heteroatoms. The Morgan fingerprint density at radius 1 is 1.05 bits per heavy atom. The van der Waals surface area contributed by atoms with E-state index in [2.05, 4.69) is 15.0 Å². The summed E-state index contributed by atoms with van der Waals surface area (Å²) in [5.41, 5.74) is 3.52. The Balaban J connectivity index is 1.42. The number of benzene rings is 1. The molecule has 1 spiro atoms. The van der Waals surface area contributed by atoms with Crippen LogP contribution in [0, 0.1) is 0 Å². The number of aromatic amines is 1. The summed E-state index contributed by atoms with van der Waals surface area (Å²) in [7, 11) is 1.63. The molecule has 1 atom stereocenters. The van der Waals surface area contributed by atoms with Crippen molar-refractivity contribution in [2.45, 2.75) is 24.3 Å². The number of aliphatic hydroxyl groups is 1. The minimum Gasteiger partial charge on any atom is -0.497 e. The quantitative estimate of drug-likeness (QED) is 0.435. The number of carbonyl (C=O) groups excluding carboxylic acids is 2. The van der Waals surface area contributed by atoms with Crippen LogP contribution in [0.3, 0.4) is 0 Å². The number of ether oxygens (including phenoxy) is 1. The number of rotatable bonds is 4. The molecule has 2 N–H and O–H groups in total. The van der Waals surface area contributed by atoms with E-state index >= 15 is 0 Å². The van der Waals surface area contributed by atoms with Crippen LogP contribution in [0.5, 0.6) is 5.75 Å². The van der Waals surface area contributed by atoms with E-state index in [-0.39, 0.29) is 18.4 Å². The first-order chi connectivity index (χ1) is 18.5. The third kappa shape index (κ3) is 3.90. The van der Waals surface area contributed by atoms with Gasteiger partial charge in [0.25, 0.3) is 11.8 Å². The maximum atomic E-state index is 13.7. The standard InChI is InChI=1S/C29H29N5O4/c1-38-21-6-7-22-23(14-21)32-26-24(17-35)34(28(37)20-5-3-11-31-16-20)18-29(25(22)26)8-12-33(13-9-29)27(36)19-4-2-10-30-15-19/h2-7,10-11,14-16,24,32,35H,8-9,12-13,17-18H2,1H3/t24-/m0/s1. The summed E-state index contributed by atoms with van der Waals surface area (Å²) in [5.74, 6) is 0.516. The molecule has 0 aliphatic carbocycles. The zero-order chi connectivity index (χ0) is 26.3. The molecule has 6 rings (SSSR count). The first-order valence-electron chi connectivity index (χ1n) is 12.8. The summed E-state index contributed by atoms with van der Waals surface area (Å²) in [6, 6.07) is 12.4. The SMILES string of the molecule is COc1ccc2c3c([nH]c2c1)[C@H](CO)N(C(=O)c1cccnc1)CC31CCN(C(=O)c2cccnc2)CC1. The topological polar surface area (TPSA) is 112 Å². The molecule has 38 heavy (non-hydrogen) atoms. The lowest BCUT2D eigenvalue weighted by Gasteiger charge is -2.50. The van der Waals surface area contributed by atoms with Crippen LogP contribution in [0.15, 0.2) is 67.3 Å². The van der Waals surface area contributed by atoms with E-state index in [1.54, 1.807) is 61.1 Å². The highest BCUT2D eigenvalue weighted by molar-refractivity contribution is 5.96. The average molecular weight is 512 g/mol. The molecule has 3 aromatic heterocycles. The average Bonchev–Trinajstić information content (AvgIpc) is 3.37. The predicted octanol–water partition coefficient (Wildman–Crippen LogP) is 3.33. The number of aromatic nitrogens is 3. The van der Waals surface area contributed by atoms with Crippen LogP contribution >= 0.6 is 0 Å². The molecule has 5 heterocycles. The molecule has 194 valence electrons. The van der Waals surface area contributed by atoms with E-state index in [1.807, 2.05) is 23.1 Å². The number of piperidine rings is 1. The van der Waals surface area contributed by atoms with Crippen molar-refractivity contribution in [3.63, 3.8) is 0 Å². The van der Waals surface area contributed by atoms with Crippen LogP contribution in [0.1, 0.15) is 50.9 Å². The van der Waals surface area contributed by atoms with Gasteiger partial charge in [-0.05, 0) is 54.8 Å². The van der Waals surface area contributed by atoms with Crippen molar-refractivity contribution in [1.29, 1.82) is 0 Å². The number of nitrogens with zero attached hydrogens (tertiary/aromatic N) is 4. The summed E-state index contributed by atoms with van der Waals surface area (Å²) in [6.07, 6.45) is 7.81. The van der Waals surface area contributed by atoms with Gasteiger partial charge in [-0.15, -0.1) is 0 Å². The van der Waals surface area contributed by atoms with Gasteiger partial charge in [0.1, 0.15) is 5.75 Å². The second kappa shape index (κ2) is 9.57. The molecule has 2 amide bonds. The fraction of sp³-hybridized carbons (Fsp3) is 0.310. The highest BCUT2D eigenvalue weighted by Gasteiger charge is 2.49. The summed E-state index contributed by atoms with van der Waals surface area (Å²) in [5, 5.41) is 11.6. The van der Waals surface area contributed by atoms with E-state index in [4.69, 9.17) is 4.74 Å². The fourth-order valence-electron chi connectivity index (χ4n) is 6.09. The molecule has 4 aromatic rings. The van der Waals surface area contributed by atoms with E-state index in [0.717, 1.165) is 27.9 Å². The number of fused-ring (bicyclic) bond motifs is 4. The number of amides is 2. The van der Waals surface area contributed by atoms with Crippen molar-refractivity contribution in [2.24, 2.45) is 0 Å². The Labute approximate surface area is 220 Å². The number of likely N-dealkylation sites (tertiary alicyclic amines) is 1. The molecule has 0 unspecified atom stereocenters. The zero-order valence-corrected chi connectivity index (χ0v) is 21.1. The van der Waals surface area contributed by atoms with Crippen LogP contribution in [0.2, 0.25) is 0 Å². The van der Waals surface area contributed by atoms with Gasteiger partial charge in [-0.2, -0.15) is 0 Å². The van der Waals surface area contributed by atoms with Gasteiger partial charge in [-0.25, -0.2) is 0 Å². The van der Waals surface area contributed by atoms with Gasteiger partial charge < -0.3 is 24.6 Å². The van der Waals surface area contributed by atoms with Crippen molar-refractivity contribution in [3.8, 4) is 5.75 Å². The molecule has 2 aliphatic heterocycles. The van der Waals surface area contributed by atoms with E-state index in [1.165, 1.54) is 0 Å². The third-order valence-electron chi connectivity index (χ3n) is 8.01. The van der Waals surface area contributed by atoms with Gasteiger partial charge in [0, 0.05) is 72.5 Å². The lowest BCUT2D eigenvalue weighted by molar-refractivity contribution is 0.0325. The van der Waals surface area contributed by atoms with Crippen LogP contribution in [-0.4, -0.2) is 75.0 Å². The number of aliphatic hydroxyl groups excluding tert-OH is 1. The number of methoxy groups -OCH3 is 1. The van der Waals surface area contributed by atoms with E-state index in [0.29, 0.717) is 43.6 Å². The Morgan fingerprint density at radius 2 is 1.74 bits per heavy atom. The summed E-state index contributed by atoms with van der Waals surface area (Å²) in [6.45, 7) is 1.32. The largest absolute Gasteiger partial charge is 0.497 e. The molecular formula is C29H29N5O4. The van der Waals surface area contributed by atoms with Gasteiger partial charge in [0.15, 0.2) is 0 Å². The highest BCUT2D eigenvalue weighted by Crippen LogP contribution is 2.49. The molecule has 0 bridgehead atoms. The minimum atomic E-state index is -0.531. The van der Waals surface area contributed by atoms with Crippen molar-refractivity contribution < 1.29 is 19.4 Å². The first kappa shape index (κ1) is 24.1. The molecule has 2 aliphatic rings. The smallest absolute Gasteiger partial charge is 0.256 e. The molecule has 1 saturated heterocycles. The lowest BCUT2D eigenvalue weighted by Crippen LogP contribution is -2.55. The number of hydrogen-bond donors (Lipinski definition) is 2. The number of hydrogen-bond acceptors (Lipinski definition) is 6.